The van der Waals surface area contributed by atoms with E-state index in [0.717, 1.165) is 36.1 Å². The number of guanidine groups is 1. The summed E-state index contributed by atoms with van der Waals surface area (Å²) in [4.78, 5) is 15.9. The monoisotopic (exact) mass is 489 g/mol. The molecule has 1 aromatic carbocycles. The van der Waals surface area contributed by atoms with Crippen LogP contribution in [0.15, 0.2) is 29.3 Å². The highest BCUT2D eigenvalue weighted by atomic mass is 127. The molecular formula is C20H36IN5O. The van der Waals surface area contributed by atoms with Gasteiger partial charge >= 0.3 is 6.03 Å². The van der Waals surface area contributed by atoms with E-state index in [0.29, 0.717) is 6.54 Å². The fourth-order valence-electron chi connectivity index (χ4n) is 2.43. The van der Waals surface area contributed by atoms with Crippen molar-refractivity contribution in [3.8, 4) is 0 Å². The van der Waals surface area contributed by atoms with Crippen LogP contribution in [0, 0.1) is 5.92 Å². The largest absolute Gasteiger partial charge is 0.356 e. The topological polar surface area (TPSA) is 77.6 Å². The van der Waals surface area contributed by atoms with Crippen molar-refractivity contribution in [1.82, 2.24) is 16.0 Å². The summed E-state index contributed by atoms with van der Waals surface area (Å²) in [6.07, 6.45) is 3.65. The molecule has 2 amide bonds. The quantitative estimate of drug-likeness (QED) is 0.181. The van der Waals surface area contributed by atoms with E-state index in [2.05, 4.69) is 40.1 Å². The first kappa shape index (κ1) is 25.5. The van der Waals surface area contributed by atoms with Crippen LogP contribution >= 0.6 is 24.0 Å². The molecule has 6 nitrogen and oxygen atoms in total. The number of amides is 2. The average Bonchev–Trinajstić information content (AvgIpc) is 2.57. The third kappa shape index (κ3) is 12.5. The first-order valence-corrected chi connectivity index (χ1v) is 9.51. The van der Waals surface area contributed by atoms with Gasteiger partial charge in [0.25, 0.3) is 0 Å². The molecule has 0 radical (unpaired) electrons. The molecule has 0 spiro atoms. The van der Waals surface area contributed by atoms with Crippen molar-refractivity contribution in [3.63, 3.8) is 0 Å². The van der Waals surface area contributed by atoms with Gasteiger partial charge in [-0.25, -0.2) is 4.79 Å². The number of benzene rings is 1. The fourth-order valence-corrected chi connectivity index (χ4v) is 2.43. The van der Waals surface area contributed by atoms with Gasteiger partial charge in [0.2, 0.25) is 0 Å². The molecule has 27 heavy (non-hydrogen) atoms. The minimum absolute atomic E-state index is 0. The molecule has 0 saturated heterocycles. The number of hydrogen-bond acceptors (Lipinski definition) is 2. The summed E-state index contributed by atoms with van der Waals surface area (Å²) < 4.78 is 0. The van der Waals surface area contributed by atoms with Crippen LogP contribution in [-0.4, -0.2) is 31.6 Å². The maximum absolute atomic E-state index is 11.7. The smallest absolute Gasteiger partial charge is 0.319 e. The predicted molar refractivity (Wildman–Crippen MR) is 126 cm³/mol. The molecule has 0 aliphatic heterocycles. The lowest BCUT2D eigenvalue weighted by atomic mass is 10.1. The number of nitrogens with zero attached hydrogens (tertiary/aromatic N) is 1. The number of aliphatic imine (C=N–C) groups is 1. The third-order valence-corrected chi connectivity index (χ3v) is 3.82. The molecule has 0 atom stereocenters. The highest BCUT2D eigenvalue weighted by molar-refractivity contribution is 14.0. The van der Waals surface area contributed by atoms with Crippen LogP contribution in [0.5, 0.6) is 0 Å². The van der Waals surface area contributed by atoms with Gasteiger partial charge in [-0.3, -0.25) is 4.99 Å². The zero-order valence-corrected chi connectivity index (χ0v) is 19.6. The summed E-state index contributed by atoms with van der Waals surface area (Å²) in [5.41, 5.74) is 1.90. The Balaban J connectivity index is 0.00000676. The predicted octanol–water partition coefficient (Wildman–Crippen LogP) is 4.33. The van der Waals surface area contributed by atoms with E-state index in [1.54, 1.807) is 7.05 Å². The van der Waals surface area contributed by atoms with Gasteiger partial charge in [-0.1, -0.05) is 38.8 Å². The van der Waals surface area contributed by atoms with E-state index >= 15 is 0 Å². The Morgan fingerprint density at radius 1 is 1.04 bits per heavy atom. The van der Waals surface area contributed by atoms with Gasteiger partial charge in [-0.15, -0.1) is 24.0 Å². The van der Waals surface area contributed by atoms with E-state index in [1.165, 1.54) is 12.8 Å². The number of anilines is 1. The van der Waals surface area contributed by atoms with Crippen molar-refractivity contribution in [2.75, 3.05) is 18.9 Å². The zero-order chi connectivity index (χ0) is 19.4. The Kier molecular flexibility index (Phi) is 13.7. The zero-order valence-electron chi connectivity index (χ0n) is 17.3. The van der Waals surface area contributed by atoms with Crippen LogP contribution in [0.2, 0.25) is 0 Å². The Morgan fingerprint density at radius 2 is 1.70 bits per heavy atom. The molecule has 7 heteroatoms. The van der Waals surface area contributed by atoms with Crippen LogP contribution in [0.4, 0.5) is 10.5 Å². The van der Waals surface area contributed by atoms with E-state index in [4.69, 9.17) is 0 Å². The molecule has 154 valence electrons. The van der Waals surface area contributed by atoms with Gasteiger partial charge in [0.05, 0.1) is 0 Å². The first-order chi connectivity index (χ1) is 12.4. The molecule has 0 heterocycles. The molecule has 4 N–H and O–H groups in total. The van der Waals surface area contributed by atoms with Crippen LogP contribution in [0.1, 0.15) is 52.5 Å². The fraction of sp³-hybridized carbons (Fsp3) is 0.600. The molecule has 0 fully saturated rings. The van der Waals surface area contributed by atoms with Gasteiger partial charge in [0.1, 0.15) is 0 Å². The number of nitrogens with one attached hydrogen (secondary N) is 4. The van der Waals surface area contributed by atoms with Gasteiger partial charge in [-0.2, -0.15) is 0 Å². The van der Waals surface area contributed by atoms with Crippen LogP contribution in [0.25, 0.3) is 0 Å². The summed E-state index contributed by atoms with van der Waals surface area (Å²) in [6.45, 7) is 9.99. The summed E-state index contributed by atoms with van der Waals surface area (Å²) in [7, 11) is 1.78. The lowest BCUT2D eigenvalue weighted by Gasteiger charge is -2.13. The lowest BCUT2D eigenvalue weighted by Crippen LogP contribution is -2.37. The van der Waals surface area contributed by atoms with Gasteiger partial charge in [-0.05, 0) is 43.9 Å². The SMILES string of the molecule is CN=C(NCCCCC(C)C)NCc1ccc(NC(=O)NC(C)C)cc1.I. The van der Waals surface area contributed by atoms with Gasteiger partial charge in [0.15, 0.2) is 5.96 Å². The van der Waals surface area contributed by atoms with Crippen molar-refractivity contribution in [3.05, 3.63) is 29.8 Å². The summed E-state index contributed by atoms with van der Waals surface area (Å²) in [5, 5.41) is 12.3. The Hall–Kier alpha value is -1.51. The maximum Gasteiger partial charge on any atom is 0.319 e. The minimum Gasteiger partial charge on any atom is -0.356 e. The second kappa shape index (κ2) is 14.5. The van der Waals surface area contributed by atoms with Crippen LogP contribution in [0.3, 0.4) is 0 Å². The second-order valence-electron chi connectivity index (χ2n) is 7.19. The Labute approximate surface area is 181 Å². The van der Waals surface area contributed by atoms with E-state index in [-0.39, 0.29) is 36.0 Å². The summed E-state index contributed by atoms with van der Waals surface area (Å²) in [6, 6.07) is 7.72. The molecule has 0 saturated carbocycles. The minimum atomic E-state index is -0.187. The average molecular weight is 489 g/mol. The van der Waals surface area contributed by atoms with Crippen LogP contribution in [-0.2, 0) is 6.54 Å². The standard InChI is InChI=1S/C20H35N5O.HI/c1-15(2)8-6-7-13-22-19(21-5)23-14-17-9-11-18(12-10-17)25-20(26)24-16(3)4;/h9-12,15-16H,6-8,13-14H2,1-5H3,(H2,21,22,23)(H2,24,25,26);1H. The number of rotatable bonds is 9. The second-order valence-corrected chi connectivity index (χ2v) is 7.19. The first-order valence-electron chi connectivity index (χ1n) is 9.51. The number of unbranched alkanes of at least 4 members (excludes halogenated alkanes) is 1. The highest BCUT2D eigenvalue weighted by Crippen LogP contribution is 2.09. The molecule has 0 aliphatic rings. The molecule has 0 unspecified atom stereocenters. The molecule has 0 bridgehead atoms. The third-order valence-electron chi connectivity index (χ3n) is 3.82. The van der Waals surface area contributed by atoms with E-state index in [9.17, 15) is 4.79 Å². The summed E-state index contributed by atoms with van der Waals surface area (Å²) >= 11 is 0. The number of carbonyl (C=O) groups is 1. The number of halogens is 1. The van der Waals surface area contributed by atoms with Crippen LogP contribution < -0.4 is 21.3 Å². The Morgan fingerprint density at radius 3 is 2.26 bits per heavy atom. The van der Waals surface area contributed by atoms with E-state index < -0.39 is 0 Å². The van der Waals surface area contributed by atoms with Crippen molar-refractivity contribution in [2.45, 2.75) is 59.5 Å². The molecule has 1 rings (SSSR count). The molecular weight excluding hydrogens is 453 g/mol. The van der Waals surface area contributed by atoms with Crippen molar-refractivity contribution in [1.29, 1.82) is 0 Å². The number of carbonyl (C=O) groups excluding carboxylic acids is 1. The number of urea groups is 1. The molecule has 0 aromatic heterocycles. The normalized spacial score (nSPS) is 11.1. The van der Waals surface area contributed by atoms with Gasteiger partial charge < -0.3 is 21.3 Å². The molecule has 1 aromatic rings. The number of hydrogen-bond donors (Lipinski definition) is 4. The van der Waals surface area contributed by atoms with Crippen molar-refractivity contribution in [2.24, 2.45) is 10.9 Å². The maximum atomic E-state index is 11.7. The van der Waals surface area contributed by atoms with Gasteiger partial charge in [0, 0.05) is 31.9 Å². The van der Waals surface area contributed by atoms with Crippen molar-refractivity contribution >= 4 is 41.7 Å². The van der Waals surface area contributed by atoms with Crippen molar-refractivity contribution < 1.29 is 4.79 Å². The highest BCUT2D eigenvalue weighted by Gasteiger charge is 2.04. The summed E-state index contributed by atoms with van der Waals surface area (Å²) in [5.74, 6) is 1.58. The van der Waals surface area contributed by atoms with E-state index in [1.807, 2.05) is 38.1 Å². The molecule has 0 aliphatic carbocycles. The Bertz CT molecular complexity index is 558. The lowest BCUT2D eigenvalue weighted by molar-refractivity contribution is 0.250.